The van der Waals surface area contributed by atoms with E-state index in [2.05, 4.69) is 25.6 Å². The molecule has 33 heavy (non-hydrogen) atoms. The second-order valence-electron chi connectivity index (χ2n) is 7.17. The van der Waals surface area contributed by atoms with Crippen LogP contribution < -0.4 is 20.3 Å². The van der Waals surface area contributed by atoms with E-state index in [1.807, 2.05) is 4.90 Å². The Labute approximate surface area is 185 Å². The summed E-state index contributed by atoms with van der Waals surface area (Å²) in [7, 11) is 1.40. The average molecular weight is 462 g/mol. The van der Waals surface area contributed by atoms with Gasteiger partial charge in [0.15, 0.2) is 0 Å². The Kier molecular flexibility index (Phi) is 5.99. The molecule has 1 amide bonds. The number of nitrogens with zero attached hydrogens (tertiary/aromatic N) is 4. The molecule has 0 bridgehead atoms. The van der Waals surface area contributed by atoms with Gasteiger partial charge in [-0.3, -0.25) is 4.79 Å². The van der Waals surface area contributed by atoms with Crippen molar-refractivity contribution in [1.82, 2.24) is 20.3 Å². The fraction of sp³-hybridized carbons (Fsp3) is 0.238. The first-order chi connectivity index (χ1) is 15.7. The minimum absolute atomic E-state index is 0.122. The second kappa shape index (κ2) is 8.88. The van der Waals surface area contributed by atoms with Crippen molar-refractivity contribution in [3.8, 4) is 5.75 Å². The van der Waals surface area contributed by atoms with E-state index in [9.17, 15) is 22.4 Å². The van der Waals surface area contributed by atoms with Crippen molar-refractivity contribution in [3.05, 3.63) is 65.7 Å². The molecule has 2 aromatic carbocycles. The molecule has 8 nitrogen and oxygen atoms in total. The number of hydrogen-bond acceptors (Lipinski definition) is 7. The third kappa shape index (κ3) is 5.10. The molecular weight excluding hydrogens is 444 g/mol. The van der Waals surface area contributed by atoms with E-state index in [0.29, 0.717) is 30.5 Å². The number of rotatable bonds is 6. The largest absolute Gasteiger partial charge is 0.487 e. The van der Waals surface area contributed by atoms with E-state index in [4.69, 9.17) is 4.74 Å². The Morgan fingerprint density at radius 3 is 2.52 bits per heavy atom. The first kappa shape index (κ1) is 22.2. The van der Waals surface area contributed by atoms with E-state index in [1.165, 1.54) is 37.6 Å². The molecule has 2 heterocycles. The minimum Gasteiger partial charge on any atom is -0.487 e. The summed E-state index contributed by atoms with van der Waals surface area (Å²) in [5.74, 6) is -0.313. The van der Waals surface area contributed by atoms with Crippen LogP contribution in [0.1, 0.15) is 15.9 Å². The molecule has 0 spiro atoms. The Morgan fingerprint density at radius 2 is 1.85 bits per heavy atom. The highest BCUT2D eigenvalue weighted by molar-refractivity contribution is 5.95. The lowest BCUT2D eigenvalue weighted by Crippen LogP contribution is -2.54. The quantitative estimate of drug-likeness (QED) is 0.543. The Morgan fingerprint density at radius 1 is 1.12 bits per heavy atom. The molecule has 1 aliphatic rings. The van der Waals surface area contributed by atoms with Gasteiger partial charge < -0.3 is 20.3 Å². The zero-order valence-corrected chi connectivity index (χ0v) is 17.2. The van der Waals surface area contributed by atoms with Crippen LogP contribution in [0.3, 0.4) is 0 Å². The number of alkyl halides is 3. The van der Waals surface area contributed by atoms with Gasteiger partial charge in [-0.25, -0.2) is 14.4 Å². The molecule has 3 aromatic rings. The van der Waals surface area contributed by atoms with E-state index in [-0.39, 0.29) is 17.6 Å². The number of carbonyl (C=O) groups is 1. The van der Waals surface area contributed by atoms with E-state index in [0.717, 1.165) is 18.2 Å². The van der Waals surface area contributed by atoms with Crippen LogP contribution in [0.5, 0.6) is 5.75 Å². The molecule has 0 atom stereocenters. The summed E-state index contributed by atoms with van der Waals surface area (Å²) < 4.78 is 57.5. The molecule has 4 rings (SSSR count). The van der Waals surface area contributed by atoms with Gasteiger partial charge in [-0.1, -0.05) is 0 Å². The number of hydrogen-bond donors (Lipinski definition) is 2. The molecule has 172 valence electrons. The first-order valence-electron chi connectivity index (χ1n) is 9.79. The molecule has 0 unspecified atom stereocenters. The number of benzene rings is 2. The molecule has 12 heteroatoms. The summed E-state index contributed by atoms with van der Waals surface area (Å²) in [5.41, 5.74) is -0.444. The monoisotopic (exact) mass is 462 g/mol. The molecular formula is C21H18F4N6O2. The van der Waals surface area contributed by atoms with Gasteiger partial charge in [-0.2, -0.15) is 18.2 Å². The van der Waals surface area contributed by atoms with E-state index in [1.54, 1.807) is 0 Å². The average Bonchev–Trinajstić information content (AvgIpc) is 2.76. The molecule has 1 saturated heterocycles. The minimum atomic E-state index is -4.39. The molecule has 1 aromatic heterocycles. The maximum absolute atomic E-state index is 13.8. The summed E-state index contributed by atoms with van der Waals surface area (Å²) >= 11 is 0. The number of anilines is 3. The standard InChI is InChI=1S/C21H18F4N6O2/c1-26-18(32)16-8-13(4-7-17(16)22)29-19-27-11-28-20(30-19)31-9-15(10-31)33-14-5-2-12(3-6-14)21(23,24)25/h2-8,11,15H,9-10H2,1H3,(H,26,32)(H,27,28,29,30). The van der Waals surface area contributed by atoms with Gasteiger partial charge in [-0.15, -0.1) is 0 Å². The molecule has 0 saturated carbocycles. The maximum Gasteiger partial charge on any atom is 0.416 e. The normalized spacial score (nSPS) is 13.9. The van der Waals surface area contributed by atoms with Crippen molar-refractivity contribution in [3.63, 3.8) is 0 Å². The van der Waals surface area contributed by atoms with Crippen LogP contribution in [0.2, 0.25) is 0 Å². The second-order valence-corrected chi connectivity index (χ2v) is 7.17. The SMILES string of the molecule is CNC(=O)c1cc(Nc2ncnc(N3CC(Oc4ccc(C(F)(F)F)cc4)C3)n2)ccc1F. The van der Waals surface area contributed by atoms with Crippen LogP contribution in [0.15, 0.2) is 48.8 Å². The Hall–Kier alpha value is -3.96. The lowest BCUT2D eigenvalue weighted by Gasteiger charge is -2.38. The molecule has 1 fully saturated rings. The number of amides is 1. The fourth-order valence-corrected chi connectivity index (χ4v) is 3.13. The highest BCUT2D eigenvalue weighted by Gasteiger charge is 2.32. The van der Waals surface area contributed by atoms with Crippen LogP contribution in [0.25, 0.3) is 0 Å². The van der Waals surface area contributed by atoms with Crippen molar-refractivity contribution in [2.75, 3.05) is 30.4 Å². The fourth-order valence-electron chi connectivity index (χ4n) is 3.13. The summed E-state index contributed by atoms with van der Waals surface area (Å²) in [4.78, 5) is 26.0. The van der Waals surface area contributed by atoms with Crippen LogP contribution in [-0.2, 0) is 6.18 Å². The third-order valence-corrected chi connectivity index (χ3v) is 4.87. The van der Waals surface area contributed by atoms with Crippen molar-refractivity contribution in [2.45, 2.75) is 12.3 Å². The number of halogens is 4. The summed E-state index contributed by atoms with van der Waals surface area (Å²) in [6.45, 7) is 0.865. The topological polar surface area (TPSA) is 92.3 Å². The molecule has 2 N–H and O–H groups in total. The molecule has 0 radical (unpaired) electrons. The zero-order valence-electron chi connectivity index (χ0n) is 17.2. The number of aromatic nitrogens is 3. The zero-order chi connectivity index (χ0) is 23.6. The predicted octanol–water partition coefficient (Wildman–Crippen LogP) is 3.40. The van der Waals surface area contributed by atoms with Crippen LogP contribution in [0, 0.1) is 5.82 Å². The highest BCUT2D eigenvalue weighted by Crippen LogP contribution is 2.31. The Balaban J connectivity index is 1.36. The van der Waals surface area contributed by atoms with Gasteiger partial charge in [0.2, 0.25) is 11.9 Å². The number of ether oxygens (including phenoxy) is 1. The van der Waals surface area contributed by atoms with Crippen molar-refractivity contribution < 1.29 is 27.1 Å². The van der Waals surface area contributed by atoms with Gasteiger partial charge in [0, 0.05) is 12.7 Å². The van der Waals surface area contributed by atoms with Gasteiger partial charge in [0.1, 0.15) is 24.0 Å². The number of carbonyl (C=O) groups excluding carboxylic acids is 1. The van der Waals surface area contributed by atoms with Gasteiger partial charge in [0.05, 0.1) is 24.2 Å². The lowest BCUT2D eigenvalue weighted by atomic mass is 10.1. The van der Waals surface area contributed by atoms with Gasteiger partial charge in [0.25, 0.3) is 5.91 Å². The maximum atomic E-state index is 13.8. The third-order valence-electron chi connectivity index (χ3n) is 4.87. The van der Waals surface area contributed by atoms with Crippen LogP contribution in [-0.4, -0.2) is 47.1 Å². The smallest absolute Gasteiger partial charge is 0.416 e. The first-order valence-corrected chi connectivity index (χ1v) is 9.79. The lowest BCUT2D eigenvalue weighted by molar-refractivity contribution is -0.137. The predicted molar refractivity (Wildman–Crippen MR) is 111 cm³/mol. The molecule has 1 aliphatic heterocycles. The summed E-state index contributed by atoms with van der Waals surface area (Å²) in [5, 5.41) is 5.27. The van der Waals surface area contributed by atoms with Crippen molar-refractivity contribution >= 4 is 23.5 Å². The van der Waals surface area contributed by atoms with E-state index < -0.39 is 23.5 Å². The summed E-state index contributed by atoms with van der Waals surface area (Å²) in [6, 6.07) is 8.46. The van der Waals surface area contributed by atoms with Crippen LogP contribution >= 0.6 is 0 Å². The Bertz CT molecular complexity index is 1150. The highest BCUT2D eigenvalue weighted by atomic mass is 19.4. The van der Waals surface area contributed by atoms with Gasteiger partial charge >= 0.3 is 6.18 Å². The van der Waals surface area contributed by atoms with Gasteiger partial charge in [-0.05, 0) is 42.5 Å². The van der Waals surface area contributed by atoms with Crippen LogP contribution in [0.4, 0.5) is 35.1 Å². The summed E-state index contributed by atoms with van der Waals surface area (Å²) in [6.07, 6.45) is -3.33. The number of nitrogens with one attached hydrogen (secondary N) is 2. The van der Waals surface area contributed by atoms with E-state index >= 15 is 0 Å². The van der Waals surface area contributed by atoms with Crippen molar-refractivity contribution in [2.24, 2.45) is 0 Å². The van der Waals surface area contributed by atoms with Crippen molar-refractivity contribution in [1.29, 1.82) is 0 Å². The molecule has 0 aliphatic carbocycles.